The molecule has 0 spiro atoms. The molecule has 1 aliphatic heterocycles. The molecule has 3 rings (SSSR count). The summed E-state index contributed by atoms with van der Waals surface area (Å²) in [5, 5.41) is 9.87. The second-order valence-corrected chi connectivity index (χ2v) is 5.37. The lowest BCUT2D eigenvalue weighted by Crippen LogP contribution is -2.35. The van der Waals surface area contributed by atoms with Gasteiger partial charge >= 0.3 is 6.03 Å². The molecule has 0 radical (unpaired) electrons. The van der Waals surface area contributed by atoms with E-state index >= 15 is 0 Å². The smallest absolute Gasteiger partial charge is 0.319 e. The van der Waals surface area contributed by atoms with Crippen molar-refractivity contribution in [3.63, 3.8) is 0 Å². The summed E-state index contributed by atoms with van der Waals surface area (Å²) in [6.07, 6.45) is 5.90. The van der Waals surface area contributed by atoms with Gasteiger partial charge in [-0.05, 0) is 36.6 Å². The van der Waals surface area contributed by atoms with Gasteiger partial charge in [-0.3, -0.25) is 4.68 Å². The Morgan fingerprint density at radius 2 is 2.36 bits per heavy atom. The second kappa shape index (κ2) is 7.09. The van der Waals surface area contributed by atoms with E-state index in [4.69, 9.17) is 4.74 Å². The molecule has 116 valence electrons. The molecule has 2 N–H and O–H groups in total. The van der Waals surface area contributed by atoms with Crippen LogP contribution >= 0.6 is 0 Å². The number of hydrogen-bond donors (Lipinski definition) is 2. The Bertz CT molecular complexity index is 606. The molecular weight excluding hydrogens is 280 g/mol. The molecule has 1 unspecified atom stereocenters. The zero-order valence-electron chi connectivity index (χ0n) is 12.4. The first kappa shape index (κ1) is 14.6. The number of nitrogens with one attached hydrogen (secondary N) is 2. The fourth-order valence-corrected chi connectivity index (χ4v) is 2.52. The Kier molecular flexibility index (Phi) is 4.70. The highest BCUT2D eigenvalue weighted by Gasteiger charge is 2.16. The zero-order chi connectivity index (χ0) is 15.2. The Morgan fingerprint density at radius 3 is 3.14 bits per heavy atom. The summed E-state index contributed by atoms with van der Waals surface area (Å²) in [5.41, 5.74) is 1.86. The molecular formula is C16H20N4O2. The minimum Gasteiger partial charge on any atom is -0.376 e. The van der Waals surface area contributed by atoms with Gasteiger partial charge < -0.3 is 15.4 Å². The average molecular weight is 300 g/mol. The summed E-state index contributed by atoms with van der Waals surface area (Å²) in [4.78, 5) is 11.9. The lowest BCUT2D eigenvalue weighted by Gasteiger charge is -2.12. The van der Waals surface area contributed by atoms with Crippen molar-refractivity contribution in [3.8, 4) is 0 Å². The highest BCUT2D eigenvalue weighted by Crippen LogP contribution is 2.13. The average Bonchev–Trinajstić information content (AvgIpc) is 3.19. The molecule has 2 aromatic rings. The number of aromatic nitrogens is 2. The Hall–Kier alpha value is -2.34. The van der Waals surface area contributed by atoms with Crippen LogP contribution in [-0.4, -0.2) is 35.1 Å². The molecule has 1 aromatic carbocycles. The van der Waals surface area contributed by atoms with Crippen molar-refractivity contribution in [3.05, 3.63) is 48.3 Å². The number of nitrogens with zero attached hydrogens (tertiary/aromatic N) is 2. The SMILES string of the molecule is O=C(NCC1CCCO1)Nc1cccc(Cn2cccn2)c1. The number of amides is 2. The van der Waals surface area contributed by atoms with Crippen LogP contribution in [0.3, 0.4) is 0 Å². The van der Waals surface area contributed by atoms with Crippen LogP contribution in [0.25, 0.3) is 0 Å². The quantitative estimate of drug-likeness (QED) is 0.889. The fraction of sp³-hybridized carbons (Fsp3) is 0.375. The summed E-state index contributed by atoms with van der Waals surface area (Å²) in [5.74, 6) is 0. The van der Waals surface area contributed by atoms with Crippen molar-refractivity contribution in [2.75, 3.05) is 18.5 Å². The first-order valence-electron chi connectivity index (χ1n) is 7.52. The third-order valence-electron chi connectivity index (χ3n) is 3.60. The third-order valence-corrected chi connectivity index (χ3v) is 3.60. The van der Waals surface area contributed by atoms with Gasteiger partial charge in [0.2, 0.25) is 0 Å². The van der Waals surface area contributed by atoms with Gasteiger partial charge in [-0.2, -0.15) is 5.10 Å². The molecule has 6 heteroatoms. The van der Waals surface area contributed by atoms with Crippen LogP contribution in [0.2, 0.25) is 0 Å². The van der Waals surface area contributed by atoms with Gasteiger partial charge in [-0.1, -0.05) is 12.1 Å². The van der Waals surface area contributed by atoms with E-state index in [0.717, 1.165) is 30.7 Å². The Balaban J connectivity index is 1.52. The van der Waals surface area contributed by atoms with Crippen molar-refractivity contribution >= 4 is 11.7 Å². The lowest BCUT2D eigenvalue weighted by atomic mass is 10.2. The molecule has 1 aliphatic rings. The number of carbonyl (C=O) groups excluding carboxylic acids is 1. The maximum atomic E-state index is 11.9. The van der Waals surface area contributed by atoms with Gasteiger partial charge in [0.15, 0.2) is 0 Å². The highest BCUT2D eigenvalue weighted by atomic mass is 16.5. The van der Waals surface area contributed by atoms with Gasteiger partial charge in [-0.25, -0.2) is 4.79 Å². The van der Waals surface area contributed by atoms with Crippen LogP contribution in [0, 0.1) is 0 Å². The highest BCUT2D eigenvalue weighted by molar-refractivity contribution is 5.89. The number of urea groups is 1. The predicted octanol–water partition coefficient (Wildman–Crippen LogP) is 2.23. The van der Waals surface area contributed by atoms with Crippen LogP contribution in [0.4, 0.5) is 10.5 Å². The maximum absolute atomic E-state index is 11.9. The minimum absolute atomic E-state index is 0.150. The Labute approximate surface area is 129 Å². The van der Waals surface area contributed by atoms with Crippen molar-refractivity contribution in [1.82, 2.24) is 15.1 Å². The van der Waals surface area contributed by atoms with Crippen LogP contribution < -0.4 is 10.6 Å². The molecule has 2 amide bonds. The number of anilines is 1. The lowest BCUT2D eigenvalue weighted by molar-refractivity contribution is 0.112. The molecule has 22 heavy (non-hydrogen) atoms. The normalized spacial score (nSPS) is 17.4. The summed E-state index contributed by atoms with van der Waals surface area (Å²) in [7, 11) is 0. The molecule has 1 aromatic heterocycles. The van der Waals surface area contributed by atoms with Crippen LogP contribution in [-0.2, 0) is 11.3 Å². The van der Waals surface area contributed by atoms with Gasteiger partial charge in [0, 0.05) is 31.2 Å². The van der Waals surface area contributed by atoms with E-state index in [2.05, 4.69) is 15.7 Å². The molecule has 6 nitrogen and oxygen atoms in total. The molecule has 1 saturated heterocycles. The van der Waals surface area contributed by atoms with E-state index in [1.807, 2.05) is 41.2 Å². The topological polar surface area (TPSA) is 68.2 Å². The standard InChI is InChI=1S/C16H20N4O2/c21-16(17-11-15-6-2-9-22-15)19-14-5-1-4-13(10-14)12-20-8-3-7-18-20/h1,3-5,7-8,10,15H,2,6,9,11-12H2,(H2,17,19,21). The number of ether oxygens (including phenoxy) is 1. The van der Waals surface area contributed by atoms with E-state index in [1.54, 1.807) is 6.20 Å². The van der Waals surface area contributed by atoms with Crippen molar-refractivity contribution in [2.45, 2.75) is 25.5 Å². The first-order valence-corrected chi connectivity index (χ1v) is 7.52. The summed E-state index contributed by atoms with van der Waals surface area (Å²) < 4.78 is 7.32. The molecule has 0 bridgehead atoms. The number of carbonyl (C=O) groups is 1. The minimum atomic E-state index is -0.202. The summed E-state index contributed by atoms with van der Waals surface area (Å²) >= 11 is 0. The van der Waals surface area contributed by atoms with E-state index in [1.165, 1.54) is 0 Å². The van der Waals surface area contributed by atoms with Crippen LogP contribution in [0.5, 0.6) is 0 Å². The zero-order valence-corrected chi connectivity index (χ0v) is 12.4. The van der Waals surface area contributed by atoms with Crippen LogP contribution in [0.1, 0.15) is 18.4 Å². The van der Waals surface area contributed by atoms with E-state index in [0.29, 0.717) is 13.1 Å². The van der Waals surface area contributed by atoms with Gasteiger partial charge in [0.1, 0.15) is 0 Å². The van der Waals surface area contributed by atoms with Gasteiger partial charge in [-0.15, -0.1) is 0 Å². The van der Waals surface area contributed by atoms with Crippen molar-refractivity contribution in [1.29, 1.82) is 0 Å². The second-order valence-electron chi connectivity index (χ2n) is 5.37. The van der Waals surface area contributed by atoms with Gasteiger partial charge in [0.25, 0.3) is 0 Å². The van der Waals surface area contributed by atoms with E-state index < -0.39 is 0 Å². The summed E-state index contributed by atoms with van der Waals surface area (Å²) in [6, 6.07) is 9.45. The van der Waals surface area contributed by atoms with E-state index in [-0.39, 0.29) is 12.1 Å². The summed E-state index contributed by atoms with van der Waals surface area (Å²) in [6.45, 7) is 2.03. The number of benzene rings is 1. The number of rotatable bonds is 5. The first-order chi connectivity index (χ1) is 10.8. The van der Waals surface area contributed by atoms with Crippen molar-refractivity contribution in [2.24, 2.45) is 0 Å². The van der Waals surface area contributed by atoms with E-state index in [9.17, 15) is 4.79 Å². The van der Waals surface area contributed by atoms with Crippen molar-refractivity contribution < 1.29 is 9.53 Å². The number of hydrogen-bond acceptors (Lipinski definition) is 3. The molecule has 2 heterocycles. The molecule has 0 saturated carbocycles. The largest absolute Gasteiger partial charge is 0.376 e. The predicted molar refractivity (Wildman–Crippen MR) is 83.8 cm³/mol. The van der Waals surface area contributed by atoms with Crippen LogP contribution in [0.15, 0.2) is 42.7 Å². The molecule has 1 atom stereocenters. The maximum Gasteiger partial charge on any atom is 0.319 e. The Morgan fingerprint density at radius 1 is 1.41 bits per heavy atom. The third kappa shape index (κ3) is 4.08. The molecule has 0 aliphatic carbocycles. The van der Waals surface area contributed by atoms with Gasteiger partial charge in [0.05, 0.1) is 12.6 Å². The molecule has 1 fully saturated rings. The monoisotopic (exact) mass is 300 g/mol. The fourth-order valence-electron chi connectivity index (χ4n) is 2.52.